The standard InChI is InChI=1S/C16H19N/c1-16(10-9-13(17)11-16)15-8-4-6-12-5-2-3-7-14(12)15/h2-8,13H,9-11,17H2,1H3. The first-order valence-electron chi connectivity index (χ1n) is 6.43. The zero-order valence-corrected chi connectivity index (χ0v) is 10.3. The number of rotatable bonds is 1. The Bertz CT molecular complexity index is 541. The third kappa shape index (κ3) is 1.75. The lowest BCUT2D eigenvalue weighted by Crippen LogP contribution is -2.22. The van der Waals surface area contributed by atoms with E-state index in [9.17, 15) is 0 Å². The third-order valence-electron chi connectivity index (χ3n) is 4.22. The van der Waals surface area contributed by atoms with Crippen LogP contribution in [0.5, 0.6) is 0 Å². The van der Waals surface area contributed by atoms with E-state index in [0.29, 0.717) is 6.04 Å². The number of hydrogen-bond donors (Lipinski definition) is 1. The predicted molar refractivity (Wildman–Crippen MR) is 73.1 cm³/mol. The molecule has 1 saturated carbocycles. The van der Waals surface area contributed by atoms with Crippen LogP contribution in [0, 0.1) is 0 Å². The van der Waals surface area contributed by atoms with Gasteiger partial charge >= 0.3 is 0 Å². The summed E-state index contributed by atoms with van der Waals surface area (Å²) in [6, 6.07) is 15.7. The molecule has 0 heterocycles. The summed E-state index contributed by atoms with van der Waals surface area (Å²) in [6.45, 7) is 2.36. The fourth-order valence-electron chi connectivity index (χ4n) is 3.28. The summed E-state index contributed by atoms with van der Waals surface area (Å²) >= 11 is 0. The van der Waals surface area contributed by atoms with Gasteiger partial charge in [0.25, 0.3) is 0 Å². The van der Waals surface area contributed by atoms with Crippen molar-refractivity contribution in [3.8, 4) is 0 Å². The molecule has 3 rings (SSSR count). The van der Waals surface area contributed by atoms with Crippen LogP contribution in [0.3, 0.4) is 0 Å². The Morgan fingerprint density at radius 3 is 2.65 bits per heavy atom. The van der Waals surface area contributed by atoms with E-state index < -0.39 is 0 Å². The third-order valence-corrected chi connectivity index (χ3v) is 4.22. The van der Waals surface area contributed by atoms with Gasteiger partial charge in [-0.2, -0.15) is 0 Å². The highest BCUT2D eigenvalue weighted by atomic mass is 14.7. The van der Waals surface area contributed by atoms with E-state index in [-0.39, 0.29) is 5.41 Å². The van der Waals surface area contributed by atoms with Gasteiger partial charge in [-0.3, -0.25) is 0 Å². The molecule has 0 amide bonds. The minimum atomic E-state index is 0.264. The van der Waals surface area contributed by atoms with Crippen LogP contribution in [0.1, 0.15) is 31.7 Å². The Kier molecular flexibility index (Phi) is 2.44. The molecule has 0 bridgehead atoms. The molecule has 0 saturated heterocycles. The summed E-state index contributed by atoms with van der Waals surface area (Å²) in [5.74, 6) is 0. The molecule has 1 aliphatic rings. The molecule has 0 radical (unpaired) electrons. The smallest absolute Gasteiger partial charge is 0.00475 e. The highest BCUT2D eigenvalue weighted by molar-refractivity contribution is 5.86. The minimum Gasteiger partial charge on any atom is -0.328 e. The van der Waals surface area contributed by atoms with Crippen molar-refractivity contribution in [2.75, 3.05) is 0 Å². The van der Waals surface area contributed by atoms with Gasteiger partial charge in [-0.25, -0.2) is 0 Å². The van der Waals surface area contributed by atoms with Crippen LogP contribution < -0.4 is 5.73 Å². The summed E-state index contributed by atoms with van der Waals surface area (Å²) in [5.41, 5.74) is 7.83. The van der Waals surface area contributed by atoms with Crippen LogP contribution in [-0.4, -0.2) is 6.04 Å². The summed E-state index contributed by atoms with van der Waals surface area (Å²) < 4.78 is 0. The Hall–Kier alpha value is -1.34. The maximum Gasteiger partial charge on any atom is 0.00475 e. The second-order valence-electron chi connectivity index (χ2n) is 5.59. The lowest BCUT2D eigenvalue weighted by molar-refractivity contribution is 0.486. The predicted octanol–water partition coefficient (Wildman–Crippen LogP) is 3.61. The molecule has 2 unspecified atom stereocenters. The molecule has 2 aromatic rings. The molecule has 1 fully saturated rings. The second kappa shape index (κ2) is 3.85. The van der Waals surface area contributed by atoms with Crippen molar-refractivity contribution in [2.24, 2.45) is 5.73 Å². The van der Waals surface area contributed by atoms with E-state index in [1.165, 1.54) is 22.8 Å². The Labute approximate surface area is 103 Å². The summed E-state index contributed by atoms with van der Waals surface area (Å²) in [4.78, 5) is 0. The van der Waals surface area contributed by atoms with Gasteiger partial charge in [0, 0.05) is 6.04 Å². The van der Waals surface area contributed by atoms with E-state index in [1.807, 2.05) is 0 Å². The van der Waals surface area contributed by atoms with Crippen LogP contribution >= 0.6 is 0 Å². The zero-order chi connectivity index (χ0) is 11.9. The second-order valence-corrected chi connectivity index (χ2v) is 5.59. The van der Waals surface area contributed by atoms with Gasteiger partial charge in [-0.15, -0.1) is 0 Å². The molecule has 0 spiro atoms. The van der Waals surface area contributed by atoms with Crippen molar-refractivity contribution in [2.45, 2.75) is 37.6 Å². The first-order valence-corrected chi connectivity index (χ1v) is 6.43. The molecule has 1 nitrogen and oxygen atoms in total. The molecule has 1 heteroatoms. The van der Waals surface area contributed by atoms with Crippen molar-refractivity contribution >= 4 is 10.8 Å². The minimum absolute atomic E-state index is 0.264. The number of hydrogen-bond acceptors (Lipinski definition) is 1. The van der Waals surface area contributed by atoms with Gasteiger partial charge in [-0.1, -0.05) is 49.4 Å². The molecule has 0 aromatic heterocycles. The molecule has 2 N–H and O–H groups in total. The molecule has 88 valence electrons. The van der Waals surface area contributed by atoms with E-state index in [1.54, 1.807) is 0 Å². The van der Waals surface area contributed by atoms with Crippen LogP contribution in [-0.2, 0) is 5.41 Å². The van der Waals surface area contributed by atoms with Gasteiger partial charge in [0.1, 0.15) is 0 Å². The number of nitrogens with two attached hydrogens (primary N) is 1. The molecule has 2 atom stereocenters. The van der Waals surface area contributed by atoms with Crippen molar-refractivity contribution in [1.82, 2.24) is 0 Å². The molecule has 0 aliphatic heterocycles. The first kappa shape index (κ1) is 10.8. The molecule has 1 aliphatic carbocycles. The summed E-state index contributed by atoms with van der Waals surface area (Å²) in [5, 5.41) is 2.73. The highest BCUT2D eigenvalue weighted by Gasteiger charge is 2.35. The highest BCUT2D eigenvalue weighted by Crippen LogP contribution is 2.42. The van der Waals surface area contributed by atoms with Crippen LogP contribution in [0.4, 0.5) is 0 Å². The van der Waals surface area contributed by atoms with Crippen LogP contribution in [0.25, 0.3) is 10.8 Å². The molecule has 17 heavy (non-hydrogen) atoms. The monoisotopic (exact) mass is 225 g/mol. The quantitative estimate of drug-likeness (QED) is 0.788. The average molecular weight is 225 g/mol. The van der Waals surface area contributed by atoms with Gasteiger partial charge in [0.05, 0.1) is 0 Å². The largest absolute Gasteiger partial charge is 0.328 e. The summed E-state index contributed by atoms with van der Waals surface area (Å²) in [6.07, 6.45) is 3.48. The molecule has 2 aromatic carbocycles. The van der Waals surface area contributed by atoms with E-state index in [4.69, 9.17) is 5.73 Å². The SMILES string of the molecule is CC1(c2cccc3ccccc23)CCC(N)C1. The Morgan fingerprint density at radius 1 is 1.12 bits per heavy atom. The van der Waals surface area contributed by atoms with Crippen molar-refractivity contribution < 1.29 is 0 Å². The van der Waals surface area contributed by atoms with Crippen molar-refractivity contribution in [1.29, 1.82) is 0 Å². The van der Waals surface area contributed by atoms with Crippen LogP contribution in [0.15, 0.2) is 42.5 Å². The van der Waals surface area contributed by atoms with Crippen LogP contribution in [0.2, 0.25) is 0 Å². The fraction of sp³-hybridized carbons (Fsp3) is 0.375. The lowest BCUT2D eigenvalue weighted by atomic mass is 9.78. The van der Waals surface area contributed by atoms with E-state index in [0.717, 1.165) is 12.8 Å². The maximum atomic E-state index is 6.09. The molecular formula is C16H19N. The number of fused-ring (bicyclic) bond motifs is 1. The summed E-state index contributed by atoms with van der Waals surface area (Å²) in [7, 11) is 0. The normalized spacial score (nSPS) is 28.7. The molecular weight excluding hydrogens is 206 g/mol. The first-order chi connectivity index (χ1) is 8.19. The van der Waals surface area contributed by atoms with Gasteiger partial charge in [0.15, 0.2) is 0 Å². The van der Waals surface area contributed by atoms with Crippen molar-refractivity contribution in [3.63, 3.8) is 0 Å². The van der Waals surface area contributed by atoms with Gasteiger partial charge in [0.2, 0.25) is 0 Å². The maximum absolute atomic E-state index is 6.09. The van der Waals surface area contributed by atoms with E-state index in [2.05, 4.69) is 49.4 Å². The van der Waals surface area contributed by atoms with E-state index >= 15 is 0 Å². The van der Waals surface area contributed by atoms with Gasteiger partial charge in [-0.05, 0) is 41.0 Å². The van der Waals surface area contributed by atoms with Gasteiger partial charge < -0.3 is 5.73 Å². The number of benzene rings is 2. The van der Waals surface area contributed by atoms with Crippen molar-refractivity contribution in [3.05, 3.63) is 48.0 Å². The average Bonchev–Trinajstić information content (AvgIpc) is 2.70. The Morgan fingerprint density at radius 2 is 1.88 bits per heavy atom. The topological polar surface area (TPSA) is 26.0 Å². The lowest BCUT2D eigenvalue weighted by Gasteiger charge is -2.26. The fourth-order valence-corrected chi connectivity index (χ4v) is 3.28. The zero-order valence-electron chi connectivity index (χ0n) is 10.3. The Balaban J connectivity index is 2.17.